The first-order chi connectivity index (χ1) is 16.2. The van der Waals surface area contributed by atoms with E-state index in [2.05, 4.69) is 55.5 Å². The first-order valence-corrected chi connectivity index (χ1v) is 12.7. The van der Waals surface area contributed by atoms with Crippen LogP contribution in [0.4, 0.5) is 0 Å². The molecule has 1 aliphatic carbocycles. The molecular formula is C28H39N3O3. The largest absolute Gasteiger partial charge is 0.495 e. The molecule has 1 aromatic carbocycles. The van der Waals surface area contributed by atoms with Gasteiger partial charge in [0.25, 0.3) is 5.56 Å². The number of benzene rings is 1. The summed E-state index contributed by atoms with van der Waals surface area (Å²) < 4.78 is 15.6. The fourth-order valence-corrected chi connectivity index (χ4v) is 6.89. The molecule has 6 heteroatoms. The van der Waals surface area contributed by atoms with Gasteiger partial charge < -0.3 is 18.6 Å². The van der Waals surface area contributed by atoms with Crippen molar-refractivity contribution >= 4 is 21.8 Å². The minimum absolute atomic E-state index is 0.0612. The molecule has 1 saturated carbocycles. The van der Waals surface area contributed by atoms with Crippen molar-refractivity contribution < 1.29 is 9.47 Å². The second kappa shape index (κ2) is 8.72. The third-order valence-electron chi connectivity index (χ3n) is 8.29. The molecule has 2 aliphatic rings. The Labute approximate surface area is 202 Å². The highest BCUT2D eigenvalue weighted by molar-refractivity contribution is 6.09. The molecule has 0 amide bonds. The van der Waals surface area contributed by atoms with Crippen LogP contribution in [0.1, 0.15) is 53.0 Å². The molecule has 0 spiro atoms. The SMILES string of the molecule is COc1cccc2c3c(=O)n(C4C(C)(C)CCCC4(C)C)ccc3n(CCN3CCOCC3)c12. The molecule has 0 unspecified atom stereocenters. The number of para-hydroxylation sites is 1. The van der Waals surface area contributed by atoms with E-state index in [1.165, 1.54) is 6.42 Å². The Morgan fingerprint density at radius 3 is 2.41 bits per heavy atom. The Balaban J connectivity index is 1.68. The number of hydrogen-bond donors (Lipinski definition) is 0. The van der Waals surface area contributed by atoms with E-state index in [0.29, 0.717) is 0 Å². The highest BCUT2D eigenvalue weighted by atomic mass is 16.5. The lowest BCUT2D eigenvalue weighted by Gasteiger charge is -2.50. The van der Waals surface area contributed by atoms with Gasteiger partial charge in [0.15, 0.2) is 0 Å². The molecular weight excluding hydrogens is 426 g/mol. The van der Waals surface area contributed by atoms with Gasteiger partial charge in [-0.15, -0.1) is 0 Å². The van der Waals surface area contributed by atoms with E-state index in [-0.39, 0.29) is 22.4 Å². The third-order valence-corrected chi connectivity index (χ3v) is 8.29. The number of aromatic nitrogens is 2. The molecule has 3 aromatic rings. The second-order valence-corrected chi connectivity index (χ2v) is 11.5. The molecule has 1 saturated heterocycles. The molecule has 0 radical (unpaired) electrons. The lowest BCUT2D eigenvalue weighted by atomic mass is 9.61. The van der Waals surface area contributed by atoms with Crippen molar-refractivity contribution in [3.63, 3.8) is 0 Å². The average Bonchev–Trinajstić information content (AvgIpc) is 3.13. The monoisotopic (exact) mass is 465 g/mol. The van der Waals surface area contributed by atoms with Gasteiger partial charge in [-0.1, -0.05) is 46.2 Å². The van der Waals surface area contributed by atoms with Gasteiger partial charge in [-0.25, -0.2) is 0 Å². The topological polar surface area (TPSA) is 48.6 Å². The van der Waals surface area contributed by atoms with Gasteiger partial charge in [0, 0.05) is 43.8 Å². The quantitative estimate of drug-likeness (QED) is 0.528. The van der Waals surface area contributed by atoms with Gasteiger partial charge in [-0.3, -0.25) is 9.69 Å². The van der Waals surface area contributed by atoms with Crippen LogP contribution in [0.5, 0.6) is 5.75 Å². The standard InChI is InChI=1S/C28H39N3O3/c1-27(2)11-7-12-28(3,4)26(27)31-13-10-21-23(25(31)32)20-8-6-9-22(33-5)24(20)30(21)15-14-29-16-18-34-19-17-29/h6,8-10,13,26H,7,11-12,14-19H2,1-5H3. The fraction of sp³-hybridized carbons (Fsp3) is 0.607. The zero-order chi connectivity index (χ0) is 24.1. The maximum absolute atomic E-state index is 14.2. The normalized spacial score (nSPS) is 21.3. The zero-order valence-electron chi connectivity index (χ0n) is 21.4. The van der Waals surface area contributed by atoms with Crippen LogP contribution in [0.3, 0.4) is 0 Å². The van der Waals surface area contributed by atoms with Crippen molar-refractivity contribution in [3.05, 3.63) is 40.8 Å². The Kier molecular flexibility index (Phi) is 6.01. The molecule has 6 nitrogen and oxygen atoms in total. The van der Waals surface area contributed by atoms with Crippen molar-refractivity contribution in [2.45, 2.75) is 59.5 Å². The van der Waals surface area contributed by atoms with Gasteiger partial charge in [0.05, 0.1) is 36.7 Å². The van der Waals surface area contributed by atoms with Crippen molar-refractivity contribution in [2.75, 3.05) is 40.0 Å². The van der Waals surface area contributed by atoms with E-state index < -0.39 is 0 Å². The van der Waals surface area contributed by atoms with E-state index in [0.717, 1.165) is 79.8 Å². The van der Waals surface area contributed by atoms with Crippen LogP contribution < -0.4 is 10.3 Å². The van der Waals surface area contributed by atoms with Crippen LogP contribution >= 0.6 is 0 Å². The van der Waals surface area contributed by atoms with Gasteiger partial charge in [-0.2, -0.15) is 0 Å². The molecule has 34 heavy (non-hydrogen) atoms. The zero-order valence-corrected chi connectivity index (χ0v) is 21.4. The lowest BCUT2D eigenvalue weighted by molar-refractivity contribution is 0.0228. The number of ether oxygens (including phenoxy) is 2. The second-order valence-electron chi connectivity index (χ2n) is 11.5. The van der Waals surface area contributed by atoms with Crippen LogP contribution in [-0.2, 0) is 11.3 Å². The number of rotatable bonds is 5. The summed E-state index contributed by atoms with van der Waals surface area (Å²) >= 11 is 0. The molecule has 0 atom stereocenters. The maximum Gasteiger partial charge on any atom is 0.260 e. The summed E-state index contributed by atoms with van der Waals surface area (Å²) in [6.45, 7) is 14.5. The first kappa shape index (κ1) is 23.4. The Hall–Kier alpha value is -2.31. The predicted molar refractivity (Wildman–Crippen MR) is 138 cm³/mol. The summed E-state index contributed by atoms with van der Waals surface area (Å²) in [6, 6.07) is 8.39. The average molecular weight is 466 g/mol. The predicted octanol–water partition coefficient (Wildman–Crippen LogP) is 5.07. The van der Waals surface area contributed by atoms with Crippen LogP contribution in [-0.4, -0.2) is 54.0 Å². The number of morpholine rings is 1. The Morgan fingerprint density at radius 2 is 1.74 bits per heavy atom. The number of hydrogen-bond acceptors (Lipinski definition) is 4. The van der Waals surface area contributed by atoms with Crippen molar-refractivity contribution in [3.8, 4) is 5.75 Å². The number of fused-ring (bicyclic) bond motifs is 3. The summed E-state index contributed by atoms with van der Waals surface area (Å²) in [5, 5.41) is 1.80. The number of methoxy groups -OCH3 is 1. The van der Waals surface area contributed by atoms with Crippen molar-refractivity contribution in [1.29, 1.82) is 0 Å². The molecule has 0 N–H and O–H groups in total. The Morgan fingerprint density at radius 1 is 1.03 bits per heavy atom. The third kappa shape index (κ3) is 3.85. The summed E-state index contributed by atoms with van der Waals surface area (Å²) in [6.07, 6.45) is 5.55. The highest BCUT2D eigenvalue weighted by Crippen LogP contribution is 2.53. The van der Waals surface area contributed by atoms with E-state index in [1.807, 2.05) is 16.7 Å². The van der Waals surface area contributed by atoms with Crippen LogP contribution in [0, 0.1) is 10.8 Å². The number of nitrogens with zero attached hydrogens (tertiary/aromatic N) is 3. The fourth-order valence-electron chi connectivity index (χ4n) is 6.89. The minimum Gasteiger partial charge on any atom is -0.495 e. The van der Waals surface area contributed by atoms with E-state index in [1.54, 1.807) is 7.11 Å². The van der Waals surface area contributed by atoms with Gasteiger partial charge in [0.1, 0.15) is 5.75 Å². The first-order valence-electron chi connectivity index (χ1n) is 12.7. The molecule has 5 rings (SSSR count). The van der Waals surface area contributed by atoms with Crippen LogP contribution in [0.25, 0.3) is 21.8 Å². The highest BCUT2D eigenvalue weighted by Gasteiger charge is 2.45. The lowest BCUT2D eigenvalue weighted by Crippen LogP contribution is -2.45. The van der Waals surface area contributed by atoms with Crippen molar-refractivity contribution in [2.24, 2.45) is 10.8 Å². The number of pyridine rings is 1. The van der Waals surface area contributed by atoms with Gasteiger partial charge in [-0.05, 0) is 35.8 Å². The molecule has 2 fully saturated rings. The smallest absolute Gasteiger partial charge is 0.260 e. The van der Waals surface area contributed by atoms with Crippen LogP contribution in [0.2, 0.25) is 0 Å². The summed E-state index contributed by atoms with van der Waals surface area (Å²) in [7, 11) is 1.71. The summed E-state index contributed by atoms with van der Waals surface area (Å²) in [5.74, 6) is 0.819. The van der Waals surface area contributed by atoms with E-state index >= 15 is 0 Å². The van der Waals surface area contributed by atoms with Gasteiger partial charge >= 0.3 is 0 Å². The molecule has 3 heterocycles. The summed E-state index contributed by atoms with van der Waals surface area (Å²) in [5.41, 5.74) is 2.26. The molecule has 2 aromatic heterocycles. The van der Waals surface area contributed by atoms with Crippen molar-refractivity contribution in [1.82, 2.24) is 14.0 Å². The maximum atomic E-state index is 14.2. The van der Waals surface area contributed by atoms with E-state index in [4.69, 9.17) is 9.47 Å². The van der Waals surface area contributed by atoms with E-state index in [9.17, 15) is 4.79 Å². The van der Waals surface area contributed by atoms with Crippen LogP contribution in [0.15, 0.2) is 35.3 Å². The minimum atomic E-state index is 0.0612. The molecule has 1 aliphatic heterocycles. The molecule has 0 bridgehead atoms. The molecule has 184 valence electrons. The summed E-state index contributed by atoms with van der Waals surface area (Å²) in [4.78, 5) is 16.7. The van der Waals surface area contributed by atoms with Gasteiger partial charge in [0.2, 0.25) is 0 Å². The Bertz CT molecular complexity index is 1230.